The molecule has 2 amide bonds. The molecule has 5 heteroatoms. The van der Waals surface area contributed by atoms with Crippen molar-refractivity contribution in [1.82, 2.24) is 5.32 Å². The van der Waals surface area contributed by atoms with Gasteiger partial charge in [0.15, 0.2) is 0 Å². The fourth-order valence-corrected chi connectivity index (χ4v) is 2.37. The Labute approximate surface area is 147 Å². The predicted octanol–water partition coefficient (Wildman–Crippen LogP) is 4.05. The van der Waals surface area contributed by atoms with Crippen molar-refractivity contribution in [2.24, 2.45) is 0 Å². The van der Waals surface area contributed by atoms with Crippen molar-refractivity contribution < 1.29 is 9.59 Å². The van der Waals surface area contributed by atoms with E-state index in [2.05, 4.69) is 10.6 Å². The number of aryl methyl sites for hydroxylation is 1. The molecule has 0 aliphatic carbocycles. The lowest BCUT2D eigenvalue weighted by atomic mass is 10.1. The molecule has 2 aromatic rings. The van der Waals surface area contributed by atoms with Crippen molar-refractivity contribution >= 4 is 29.1 Å². The van der Waals surface area contributed by atoms with E-state index >= 15 is 0 Å². The molecule has 0 saturated heterocycles. The molecular weight excluding hydrogens is 324 g/mol. The number of amides is 2. The monoisotopic (exact) mass is 344 g/mol. The van der Waals surface area contributed by atoms with E-state index in [0.29, 0.717) is 35.7 Å². The molecule has 126 valence electrons. The summed E-state index contributed by atoms with van der Waals surface area (Å²) in [5.41, 5.74) is 2.06. The highest BCUT2D eigenvalue weighted by Gasteiger charge is 2.12. The Morgan fingerprint density at radius 1 is 1.04 bits per heavy atom. The van der Waals surface area contributed by atoms with E-state index in [1.165, 1.54) is 0 Å². The molecule has 0 saturated carbocycles. The molecule has 0 aliphatic heterocycles. The average molecular weight is 345 g/mol. The van der Waals surface area contributed by atoms with Crippen LogP contribution >= 0.6 is 11.6 Å². The number of halogens is 1. The largest absolute Gasteiger partial charge is 0.352 e. The van der Waals surface area contributed by atoms with E-state index in [4.69, 9.17) is 11.6 Å². The van der Waals surface area contributed by atoms with Crippen LogP contribution in [0.1, 0.15) is 35.7 Å². The van der Waals surface area contributed by atoms with Crippen molar-refractivity contribution in [3.63, 3.8) is 0 Å². The van der Waals surface area contributed by atoms with E-state index in [1.807, 2.05) is 31.2 Å². The van der Waals surface area contributed by atoms with Crippen LogP contribution in [0.15, 0.2) is 48.5 Å². The number of para-hydroxylation sites is 1. The first-order valence-corrected chi connectivity index (χ1v) is 8.39. The third-order valence-electron chi connectivity index (χ3n) is 3.54. The Morgan fingerprint density at radius 3 is 2.46 bits per heavy atom. The molecule has 0 aliphatic rings. The average Bonchev–Trinajstić information content (AvgIpc) is 2.59. The molecule has 0 aromatic heterocycles. The second kappa shape index (κ2) is 9.08. The van der Waals surface area contributed by atoms with E-state index in [9.17, 15) is 9.59 Å². The molecule has 0 radical (unpaired) electrons. The number of nitrogens with one attached hydrogen (secondary N) is 2. The molecule has 2 N–H and O–H groups in total. The molecule has 0 unspecified atom stereocenters. The van der Waals surface area contributed by atoms with Crippen molar-refractivity contribution in [1.29, 1.82) is 0 Å². The van der Waals surface area contributed by atoms with Gasteiger partial charge in [0.25, 0.3) is 5.91 Å². The van der Waals surface area contributed by atoms with Crippen LogP contribution in [0.4, 0.5) is 5.69 Å². The first-order chi connectivity index (χ1) is 11.6. The number of carbonyl (C=O) groups is 2. The van der Waals surface area contributed by atoms with Crippen LogP contribution in [0.25, 0.3) is 0 Å². The molecule has 0 bridgehead atoms. The summed E-state index contributed by atoms with van der Waals surface area (Å²) in [5.74, 6) is -0.300. The molecule has 2 rings (SSSR count). The van der Waals surface area contributed by atoms with Gasteiger partial charge in [-0.1, -0.05) is 42.8 Å². The maximum atomic E-state index is 12.2. The van der Waals surface area contributed by atoms with Gasteiger partial charge < -0.3 is 10.6 Å². The summed E-state index contributed by atoms with van der Waals surface area (Å²) in [6.07, 6.45) is 1.82. The van der Waals surface area contributed by atoms with Gasteiger partial charge in [0.05, 0.1) is 11.3 Å². The number of carbonyl (C=O) groups excluding carboxylic acids is 2. The minimum atomic E-state index is -0.176. The Balaban J connectivity index is 1.96. The minimum absolute atomic E-state index is 0.124. The molecular formula is C19H21ClN2O2. The fourth-order valence-electron chi connectivity index (χ4n) is 2.25. The van der Waals surface area contributed by atoms with Gasteiger partial charge >= 0.3 is 0 Å². The van der Waals surface area contributed by atoms with Crippen LogP contribution in [0.2, 0.25) is 5.02 Å². The van der Waals surface area contributed by atoms with Gasteiger partial charge in [-0.15, -0.1) is 0 Å². The smallest absolute Gasteiger partial charge is 0.253 e. The lowest BCUT2D eigenvalue weighted by Gasteiger charge is -2.11. The first kappa shape index (κ1) is 18.0. The number of benzene rings is 2. The summed E-state index contributed by atoms with van der Waals surface area (Å²) in [7, 11) is 0. The second-order valence-electron chi connectivity index (χ2n) is 5.48. The Morgan fingerprint density at radius 2 is 1.75 bits per heavy atom. The SMILES string of the molecule is CCCNC(=O)c1ccccc1NC(=O)CCc1ccc(Cl)cc1. The second-order valence-corrected chi connectivity index (χ2v) is 5.91. The van der Waals surface area contributed by atoms with Gasteiger partial charge in [0, 0.05) is 18.0 Å². The van der Waals surface area contributed by atoms with Crippen LogP contribution in [0, 0.1) is 0 Å². The van der Waals surface area contributed by atoms with Crippen molar-refractivity contribution in [3.05, 3.63) is 64.7 Å². The zero-order valence-electron chi connectivity index (χ0n) is 13.6. The highest BCUT2D eigenvalue weighted by Crippen LogP contribution is 2.16. The summed E-state index contributed by atoms with van der Waals surface area (Å²) < 4.78 is 0. The van der Waals surface area contributed by atoms with Gasteiger partial charge in [-0.25, -0.2) is 0 Å². The van der Waals surface area contributed by atoms with E-state index in [-0.39, 0.29) is 11.8 Å². The van der Waals surface area contributed by atoms with E-state index in [1.54, 1.807) is 24.3 Å². The molecule has 0 fully saturated rings. The highest BCUT2D eigenvalue weighted by atomic mass is 35.5. The Hall–Kier alpha value is -2.33. The summed E-state index contributed by atoms with van der Waals surface area (Å²) in [5, 5.41) is 6.32. The quantitative estimate of drug-likeness (QED) is 0.796. The van der Waals surface area contributed by atoms with Crippen molar-refractivity contribution in [3.8, 4) is 0 Å². The van der Waals surface area contributed by atoms with E-state index in [0.717, 1.165) is 12.0 Å². The van der Waals surface area contributed by atoms with E-state index < -0.39 is 0 Å². The van der Waals surface area contributed by atoms with Crippen LogP contribution in [-0.2, 0) is 11.2 Å². The molecule has 0 atom stereocenters. The zero-order chi connectivity index (χ0) is 17.4. The van der Waals surface area contributed by atoms with Gasteiger partial charge in [-0.05, 0) is 42.7 Å². The predicted molar refractivity (Wildman–Crippen MR) is 97.5 cm³/mol. The highest BCUT2D eigenvalue weighted by molar-refractivity contribution is 6.30. The molecule has 2 aromatic carbocycles. The molecule has 24 heavy (non-hydrogen) atoms. The maximum Gasteiger partial charge on any atom is 0.253 e. The molecule has 4 nitrogen and oxygen atoms in total. The van der Waals surface area contributed by atoms with Crippen LogP contribution < -0.4 is 10.6 Å². The summed E-state index contributed by atoms with van der Waals surface area (Å²) in [6.45, 7) is 2.60. The molecule has 0 spiro atoms. The zero-order valence-corrected chi connectivity index (χ0v) is 14.4. The van der Waals surface area contributed by atoms with Gasteiger partial charge in [0.1, 0.15) is 0 Å². The van der Waals surface area contributed by atoms with Crippen molar-refractivity contribution in [2.45, 2.75) is 26.2 Å². The number of hydrogen-bond donors (Lipinski definition) is 2. The summed E-state index contributed by atoms with van der Waals surface area (Å²) >= 11 is 5.85. The van der Waals surface area contributed by atoms with Gasteiger partial charge in [-0.3, -0.25) is 9.59 Å². The van der Waals surface area contributed by atoms with Crippen LogP contribution in [0.3, 0.4) is 0 Å². The lowest BCUT2D eigenvalue weighted by Crippen LogP contribution is -2.25. The van der Waals surface area contributed by atoms with Gasteiger partial charge in [0.2, 0.25) is 5.91 Å². The number of anilines is 1. The lowest BCUT2D eigenvalue weighted by molar-refractivity contribution is -0.116. The summed E-state index contributed by atoms with van der Waals surface area (Å²) in [6, 6.07) is 14.4. The number of rotatable bonds is 7. The summed E-state index contributed by atoms with van der Waals surface area (Å²) in [4.78, 5) is 24.3. The van der Waals surface area contributed by atoms with Crippen LogP contribution in [-0.4, -0.2) is 18.4 Å². The topological polar surface area (TPSA) is 58.2 Å². The first-order valence-electron chi connectivity index (χ1n) is 8.01. The third kappa shape index (κ3) is 5.39. The number of hydrogen-bond acceptors (Lipinski definition) is 2. The Kier molecular flexibility index (Phi) is 6.82. The van der Waals surface area contributed by atoms with Gasteiger partial charge in [-0.2, -0.15) is 0 Å². The van der Waals surface area contributed by atoms with Crippen molar-refractivity contribution in [2.75, 3.05) is 11.9 Å². The Bertz CT molecular complexity index is 699. The fraction of sp³-hybridized carbons (Fsp3) is 0.263. The molecule has 0 heterocycles. The normalized spacial score (nSPS) is 10.2. The standard InChI is InChI=1S/C19H21ClN2O2/c1-2-13-21-19(24)16-5-3-4-6-17(16)22-18(23)12-9-14-7-10-15(20)11-8-14/h3-8,10-11H,2,9,12-13H2,1H3,(H,21,24)(H,22,23). The minimum Gasteiger partial charge on any atom is -0.352 e. The van der Waals surface area contributed by atoms with Crippen LogP contribution in [0.5, 0.6) is 0 Å². The third-order valence-corrected chi connectivity index (χ3v) is 3.79. The maximum absolute atomic E-state index is 12.2.